The van der Waals surface area contributed by atoms with Gasteiger partial charge in [-0.3, -0.25) is 4.79 Å². The van der Waals surface area contributed by atoms with E-state index < -0.39 is 12.0 Å². The SMILES string of the molecule is CCOC(=O)c1ccc2c(c1)sc(=NC(=O)[C@@H]1COc3ccccc3O1)n2CC. The molecule has 0 bridgehead atoms. The Morgan fingerprint density at radius 2 is 2.00 bits per heavy atom. The number of amides is 1. The van der Waals surface area contributed by atoms with Crippen LogP contribution in [0, 0.1) is 0 Å². The smallest absolute Gasteiger partial charge is 0.338 e. The van der Waals surface area contributed by atoms with Crippen molar-refractivity contribution >= 4 is 33.4 Å². The van der Waals surface area contributed by atoms with Crippen LogP contribution in [0.1, 0.15) is 24.2 Å². The molecule has 0 spiro atoms. The molecule has 7 nitrogen and oxygen atoms in total. The lowest BCUT2D eigenvalue weighted by atomic mass is 10.2. The first-order valence-electron chi connectivity index (χ1n) is 9.38. The predicted octanol–water partition coefficient (Wildman–Crippen LogP) is 3.17. The van der Waals surface area contributed by atoms with Crippen LogP contribution < -0.4 is 14.3 Å². The Labute approximate surface area is 171 Å². The topological polar surface area (TPSA) is 79.1 Å². The summed E-state index contributed by atoms with van der Waals surface area (Å²) in [5.41, 5.74) is 1.38. The third-order valence-corrected chi connectivity index (χ3v) is 5.54. The number of aryl methyl sites for hydroxylation is 1. The number of benzene rings is 2. The summed E-state index contributed by atoms with van der Waals surface area (Å²) < 4.78 is 19.2. The quantitative estimate of drug-likeness (QED) is 0.615. The van der Waals surface area contributed by atoms with Crippen LogP contribution in [-0.2, 0) is 16.1 Å². The van der Waals surface area contributed by atoms with E-state index in [1.165, 1.54) is 11.3 Å². The van der Waals surface area contributed by atoms with E-state index in [0.29, 0.717) is 35.0 Å². The van der Waals surface area contributed by atoms with Gasteiger partial charge < -0.3 is 18.8 Å². The molecule has 2 heterocycles. The number of hydrogen-bond donors (Lipinski definition) is 0. The molecule has 1 atom stereocenters. The molecule has 0 saturated carbocycles. The Kier molecular flexibility index (Phi) is 5.35. The van der Waals surface area contributed by atoms with Crippen molar-refractivity contribution < 1.29 is 23.8 Å². The molecule has 3 aromatic rings. The highest BCUT2D eigenvalue weighted by Gasteiger charge is 2.27. The zero-order valence-electron chi connectivity index (χ0n) is 16.1. The van der Waals surface area contributed by atoms with Crippen LogP contribution in [-0.4, -0.2) is 35.8 Å². The second-order valence-electron chi connectivity index (χ2n) is 6.35. The molecule has 29 heavy (non-hydrogen) atoms. The van der Waals surface area contributed by atoms with Gasteiger partial charge in [-0.15, -0.1) is 0 Å². The molecule has 0 saturated heterocycles. The van der Waals surface area contributed by atoms with Crippen LogP contribution in [0.3, 0.4) is 0 Å². The first-order valence-corrected chi connectivity index (χ1v) is 10.2. The van der Waals surface area contributed by atoms with Gasteiger partial charge in [-0.25, -0.2) is 4.79 Å². The van der Waals surface area contributed by atoms with E-state index in [0.717, 1.165) is 10.2 Å². The van der Waals surface area contributed by atoms with E-state index in [9.17, 15) is 9.59 Å². The summed E-state index contributed by atoms with van der Waals surface area (Å²) in [5, 5.41) is 0. The molecule has 1 aliphatic heterocycles. The summed E-state index contributed by atoms with van der Waals surface area (Å²) >= 11 is 1.35. The molecule has 0 aliphatic carbocycles. The second kappa shape index (κ2) is 8.08. The number of esters is 1. The largest absolute Gasteiger partial charge is 0.485 e. The molecule has 150 valence electrons. The number of ether oxygens (including phenoxy) is 3. The predicted molar refractivity (Wildman–Crippen MR) is 108 cm³/mol. The fourth-order valence-corrected chi connectivity index (χ4v) is 4.25. The third-order valence-electron chi connectivity index (χ3n) is 4.50. The van der Waals surface area contributed by atoms with Crippen molar-refractivity contribution in [3.05, 3.63) is 52.8 Å². The number of carbonyl (C=O) groups excluding carboxylic acids is 2. The average Bonchev–Trinajstić information content (AvgIpc) is 3.09. The zero-order valence-corrected chi connectivity index (χ0v) is 16.9. The Balaban J connectivity index is 1.66. The van der Waals surface area contributed by atoms with E-state index in [1.807, 2.05) is 29.7 Å². The first kappa shape index (κ1) is 19.2. The Morgan fingerprint density at radius 3 is 2.76 bits per heavy atom. The fourth-order valence-electron chi connectivity index (χ4n) is 3.11. The lowest BCUT2D eigenvalue weighted by molar-refractivity contribution is -0.127. The number of hydrogen-bond acceptors (Lipinski definition) is 6. The molecule has 0 fully saturated rings. The molecular weight excluding hydrogens is 392 g/mol. The maximum Gasteiger partial charge on any atom is 0.338 e. The summed E-state index contributed by atoms with van der Waals surface area (Å²) in [5.74, 6) is 0.380. The van der Waals surface area contributed by atoms with E-state index in [-0.39, 0.29) is 12.6 Å². The number of carbonyl (C=O) groups is 2. The van der Waals surface area contributed by atoms with Gasteiger partial charge in [0.05, 0.1) is 22.4 Å². The molecule has 4 rings (SSSR count). The van der Waals surface area contributed by atoms with E-state index in [2.05, 4.69) is 4.99 Å². The molecule has 8 heteroatoms. The van der Waals surface area contributed by atoms with Gasteiger partial charge in [-0.1, -0.05) is 23.5 Å². The number of thiazole rings is 1. The highest BCUT2D eigenvalue weighted by Crippen LogP contribution is 2.31. The van der Waals surface area contributed by atoms with Crippen molar-refractivity contribution in [2.75, 3.05) is 13.2 Å². The molecule has 0 N–H and O–H groups in total. The summed E-state index contributed by atoms with van der Waals surface area (Å²) in [4.78, 5) is 29.6. The van der Waals surface area contributed by atoms with E-state index in [1.54, 1.807) is 31.2 Å². The van der Waals surface area contributed by atoms with Gasteiger partial charge in [0.2, 0.25) is 6.10 Å². The van der Waals surface area contributed by atoms with Gasteiger partial charge in [0, 0.05) is 6.54 Å². The fraction of sp³-hybridized carbons (Fsp3) is 0.286. The summed E-state index contributed by atoms with van der Waals surface area (Å²) in [7, 11) is 0. The van der Waals surface area contributed by atoms with Crippen LogP contribution in [0.5, 0.6) is 11.5 Å². The van der Waals surface area contributed by atoms with Crippen molar-refractivity contribution in [1.82, 2.24) is 4.57 Å². The highest BCUT2D eigenvalue weighted by atomic mass is 32.1. The monoisotopic (exact) mass is 412 g/mol. The molecular formula is C21H20N2O5S. The van der Waals surface area contributed by atoms with Crippen LogP contribution in [0.2, 0.25) is 0 Å². The van der Waals surface area contributed by atoms with Crippen molar-refractivity contribution in [3.8, 4) is 11.5 Å². The number of para-hydroxylation sites is 2. The minimum Gasteiger partial charge on any atom is -0.485 e. The van der Waals surface area contributed by atoms with Crippen LogP contribution >= 0.6 is 11.3 Å². The Bertz CT molecular complexity index is 1150. The third kappa shape index (κ3) is 3.75. The Hall–Kier alpha value is -3.13. The number of fused-ring (bicyclic) bond motifs is 2. The van der Waals surface area contributed by atoms with Crippen molar-refractivity contribution in [2.24, 2.45) is 4.99 Å². The first-order chi connectivity index (χ1) is 14.1. The minimum atomic E-state index is -0.796. The van der Waals surface area contributed by atoms with Gasteiger partial charge in [0.15, 0.2) is 16.3 Å². The molecule has 0 radical (unpaired) electrons. The molecule has 1 amide bonds. The minimum absolute atomic E-state index is 0.114. The normalized spacial score (nSPS) is 16.1. The maximum absolute atomic E-state index is 12.7. The standard InChI is InChI=1S/C21H20N2O5S/c1-3-23-14-10-9-13(20(25)26-4-2)11-18(14)29-21(23)22-19(24)17-12-27-15-7-5-6-8-16(15)28-17/h5-11,17H,3-4,12H2,1-2H3/t17-/m0/s1. The molecule has 2 aromatic carbocycles. The van der Waals surface area contributed by atoms with Crippen LogP contribution in [0.15, 0.2) is 47.5 Å². The number of aromatic nitrogens is 1. The van der Waals surface area contributed by atoms with Gasteiger partial charge >= 0.3 is 5.97 Å². The second-order valence-corrected chi connectivity index (χ2v) is 7.36. The van der Waals surface area contributed by atoms with Crippen LogP contribution in [0.25, 0.3) is 10.2 Å². The highest BCUT2D eigenvalue weighted by molar-refractivity contribution is 7.16. The lowest BCUT2D eigenvalue weighted by Crippen LogP contribution is -2.36. The molecule has 0 unspecified atom stereocenters. The van der Waals surface area contributed by atoms with Gasteiger partial charge in [0.1, 0.15) is 6.61 Å². The van der Waals surface area contributed by atoms with E-state index in [4.69, 9.17) is 14.2 Å². The van der Waals surface area contributed by atoms with Crippen LogP contribution in [0.4, 0.5) is 0 Å². The van der Waals surface area contributed by atoms with Crippen molar-refractivity contribution in [1.29, 1.82) is 0 Å². The Morgan fingerprint density at radius 1 is 1.21 bits per heavy atom. The number of nitrogens with zero attached hydrogens (tertiary/aromatic N) is 2. The molecule has 1 aromatic heterocycles. The van der Waals surface area contributed by atoms with Gasteiger partial charge in [-0.2, -0.15) is 4.99 Å². The van der Waals surface area contributed by atoms with E-state index >= 15 is 0 Å². The summed E-state index contributed by atoms with van der Waals surface area (Å²) in [6, 6.07) is 12.6. The molecule has 1 aliphatic rings. The van der Waals surface area contributed by atoms with Gasteiger partial charge in [-0.05, 0) is 44.2 Å². The maximum atomic E-state index is 12.7. The zero-order chi connectivity index (χ0) is 20.4. The number of rotatable bonds is 4. The van der Waals surface area contributed by atoms with Crippen molar-refractivity contribution in [3.63, 3.8) is 0 Å². The lowest BCUT2D eigenvalue weighted by Gasteiger charge is -2.23. The summed E-state index contributed by atoms with van der Waals surface area (Å²) in [6.07, 6.45) is -0.796. The summed E-state index contributed by atoms with van der Waals surface area (Å²) in [6.45, 7) is 4.81. The average molecular weight is 412 g/mol. The van der Waals surface area contributed by atoms with Gasteiger partial charge in [0.25, 0.3) is 5.91 Å². The van der Waals surface area contributed by atoms with Crippen molar-refractivity contribution in [2.45, 2.75) is 26.5 Å².